The number of carbonyl (C=O) groups is 1. The lowest BCUT2D eigenvalue weighted by atomic mass is 10.1. The first-order valence-electron chi connectivity index (χ1n) is 11.4. The van der Waals surface area contributed by atoms with Crippen LogP contribution in [0.4, 0.5) is 0 Å². The maximum Gasteiger partial charge on any atom is 0.419 e. The van der Waals surface area contributed by atoms with Crippen LogP contribution in [0, 0.1) is 0 Å². The maximum absolute atomic E-state index is 13.3. The third-order valence-electron chi connectivity index (χ3n) is 6.21. The summed E-state index contributed by atoms with van der Waals surface area (Å²) in [6.07, 6.45) is 2.30. The molecule has 1 N–H and O–H groups in total. The quantitative estimate of drug-likeness (QED) is 0.461. The fourth-order valence-electron chi connectivity index (χ4n) is 4.19. The van der Waals surface area contributed by atoms with E-state index in [1.54, 1.807) is 23.7 Å². The number of aromatic nitrogens is 1. The summed E-state index contributed by atoms with van der Waals surface area (Å²) in [5.41, 5.74) is 1.91. The molecule has 0 bridgehead atoms. The molecule has 1 saturated heterocycles. The first-order valence-corrected chi connectivity index (χ1v) is 14.3. The van der Waals surface area contributed by atoms with Gasteiger partial charge >= 0.3 is 5.76 Å². The highest BCUT2D eigenvalue weighted by Gasteiger charge is 2.31. The normalized spacial score (nSPS) is 16.0. The van der Waals surface area contributed by atoms with Crippen LogP contribution in [-0.2, 0) is 28.4 Å². The highest BCUT2D eigenvalue weighted by molar-refractivity contribution is 7.98. The van der Waals surface area contributed by atoms with E-state index in [1.165, 1.54) is 28.3 Å². The van der Waals surface area contributed by atoms with Crippen molar-refractivity contribution in [1.82, 2.24) is 19.1 Å². The summed E-state index contributed by atoms with van der Waals surface area (Å²) in [4.78, 5) is 29.1. The first kappa shape index (κ1) is 25.5. The van der Waals surface area contributed by atoms with Crippen LogP contribution in [0.15, 0.2) is 62.6 Å². The Morgan fingerprint density at radius 2 is 1.83 bits per heavy atom. The van der Waals surface area contributed by atoms with E-state index in [2.05, 4.69) is 21.8 Å². The van der Waals surface area contributed by atoms with E-state index in [0.717, 1.165) is 19.6 Å². The van der Waals surface area contributed by atoms with Crippen molar-refractivity contribution in [2.45, 2.75) is 23.9 Å². The summed E-state index contributed by atoms with van der Waals surface area (Å²) in [6, 6.07) is 13.6. The zero-order valence-electron chi connectivity index (χ0n) is 19.8. The molecule has 1 atom stereocenters. The van der Waals surface area contributed by atoms with Crippen LogP contribution in [0.25, 0.3) is 11.1 Å². The van der Waals surface area contributed by atoms with E-state index in [4.69, 9.17) is 4.42 Å². The summed E-state index contributed by atoms with van der Waals surface area (Å²) in [5, 5.41) is 0. The Kier molecular flexibility index (Phi) is 8.00. The van der Waals surface area contributed by atoms with Crippen LogP contribution in [0.5, 0.6) is 0 Å². The third kappa shape index (κ3) is 5.97. The Balaban J connectivity index is 1.44. The number of thioether (sulfide) groups is 1. The molecule has 1 aliphatic heterocycles. The minimum Gasteiger partial charge on any atom is -0.408 e. The third-order valence-corrected chi connectivity index (χ3v) is 8.33. The fourth-order valence-corrected chi connectivity index (χ4v) is 5.90. The highest BCUT2D eigenvalue weighted by atomic mass is 32.2. The lowest BCUT2D eigenvalue weighted by Gasteiger charge is -2.36. The number of sulfonamides is 1. The van der Waals surface area contributed by atoms with Gasteiger partial charge in [0.05, 0.1) is 10.4 Å². The molecule has 1 amide bonds. The molecule has 2 heterocycles. The predicted octanol–water partition coefficient (Wildman–Crippen LogP) is 1.88. The number of hydrogen-bond donors (Lipinski definition) is 1. The number of oxazole rings is 1. The van der Waals surface area contributed by atoms with Crippen molar-refractivity contribution in [3.8, 4) is 0 Å². The predicted molar refractivity (Wildman–Crippen MR) is 137 cm³/mol. The number of amides is 1. The minimum absolute atomic E-state index is 0.0472. The van der Waals surface area contributed by atoms with E-state index in [0.29, 0.717) is 30.8 Å². The molecule has 1 fully saturated rings. The maximum atomic E-state index is 13.3. The Labute approximate surface area is 209 Å². The lowest BCUT2D eigenvalue weighted by molar-refractivity contribution is -0.134. The van der Waals surface area contributed by atoms with E-state index < -0.39 is 21.8 Å². The van der Waals surface area contributed by atoms with Gasteiger partial charge in [-0.1, -0.05) is 30.3 Å². The smallest absolute Gasteiger partial charge is 0.408 e. The Morgan fingerprint density at radius 3 is 2.51 bits per heavy atom. The molecule has 1 aromatic heterocycles. The molecule has 4 rings (SSSR count). The number of aryl methyl sites for hydroxylation is 1. The van der Waals surface area contributed by atoms with Crippen LogP contribution in [0.3, 0.4) is 0 Å². The fraction of sp³-hybridized carbons (Fsp3) is 0.417. The molecule has 11 heteroatoms. The molecule has 3 aromatic rings. The second kappa shape index (κ2) is 11.0. The Morgan fingerprint density at radius 1 is 1.11 bits per heavy atom. The monoisotopic (exact) mass is 518 g/mol. The molecule has 1 aliphatic rings. The molecule has 9 nitrogen and oxygen atoms in total. The first-order chi connectivity index (χ1) is 16.8. The number of carbonyl (C=O) groups excluding carboxylic acids is 1. The number of hydrogen-bond acceptors (Lipinski definition) is 7. The zero-order chi connectivity index (χ0) is 25.0. The Bertz CT molecular complexity index is 1330. The SMILES string of the molecule is CSCCC(NS(=O)(=O)c1ccc2c(c1)oc(=O)n2C)C(=O)N1CCN(Cc2ccccc2)CC1. The summed E-state index contributed by atoms with van der Waals surface area (Å²) >= 11 is 1.56. The summed E-state index contributed by atoms with van der Waals surface area (Å²) in [7, 11) is -2.46. The van der Waals surface area contributed by atoms with Gasteiger partial charge in [0.1, 0.15) is 6.04 Å². The van der Waals surface area contributed by atoms with Crippen molar-refractivity contribution in [2.24, 2.45) is 7.05 Å². The second-order valence-corrected chi connectivity index (χ2v) is 11.3. The van der Waals surface area contributed by atoms with Crippen molar-refractivity contribution in [2.75, 3.05) is 38.2 Å². The van der Waals surface area contributed by atoms with Gasteiger partial charge in [0, 0.05) is 45.8 Å². The molecular formula is C24H30N4O5S2. The topological polar surface area (TPSA) is 105 Å². The van der Waals surface area contributed by atoms with E-state index in [-0.39, 0.29) is 16.4 Å². The highest BCUT2D eigenvalue weighted by Crippen LogP contribution is 2.19. The molecule has 0 radical (unpaired) electrons. The van der Waals surface area contributed by atoms with Crippen molar-refractivity contribution in [3.05, 3.63) is 64.6 Å². The van der Waals surface area contributed by atoms with Crippen molar-refractivity contribution >= 4 is 38.8 Å². The molecule has 2 aromatic carbocycles. The largest absolute Gasteiger partial charge is 0.419 e. The van der Waals surface area contributed by atoms with Crippen molar-refractivity contribution < 1.29 is 17.6 Å². The van der Waals surface area contributed by atoms with Gasteiger partial charge in [-0.2, -0.15) is 16.5 Å². The van der Waals surface area contributed by atoms with Crippen LogP contribution < -0.4 is 10.5 Å². The molecule has 0 spiro atoms. The number of nitrogens with one attached hydrogen (secondary N) is 1. The van der Waals surface area contributed by atoms with Gasteiger partial charge in [-0.25, -0.2) is 13.2 Å². The van der Waals surface area contributed by atoms with E-state index in [1.807, 2.05) is 24.5 Å². The van der Waals surface area contributed by atoms with Crippen LogP contribution >= 0.6 is 11.8 Å². The number of fused-ring (bicyclic) bond motifs is 1. The number of piperazine rings is 1. The molecule has 1 unspecified atom stereocenters. The van der Waals surface area contributed by atoms with Crippen LogP contribution in [0.1, 0.15) is 12.0 Å². The number of rotatable bonds is 9. The standard InChI is InChI=1S/C24H30N4O5S2/c1-26-21-9-8-19(16-22(21)33-24(26)30)35(31,32)25-20(10-15-34-2)23(29)28-13-11-27(12-14-28)17-18-6-4-3-5-7-18/h3-9,16,20,25H,10-15,17H2,1-2H3. The van der Waals surface area contributed by atoms with Crippen molar-refractivity contribution in [1.29, 1.82) is 0 Å². The molecule has 35 heavy (non-hydrogen) atoms. The summed E-state index contributed by atoms with van der Waals surface area (Å²) in [5.74, 6) is -0.143. The van der Waals surface area contributed by atoms with Crippen LogP contribution in [-0.4, -0.2) is 72.9 Å². The van der Waals surface area contributed by atoms with Gasteiger partial charge in [-0.05, 0) is 36.1 Å². The summed E-state index contributed by atoms with van der Waals surface area (Å²) < 4.78 is 35.4. The molecular weight excluding hydrogens is 488 g/mol. The van der Waals surface area contributed by atoms with Gasteiger partial charge < -0.3 is 9.32 Å². The summed E-state index contributed by atoms with van der Waals surface area (Å²) in [6.45, 7) is 3.37. The van der Waals surface area contributed by atoms with Gasteiger partial charge in [0.2, 0.25) is 15.9 Å². The average molecular weight is 519 g/mol. The average Bonchev–Trinajstić information content (AvgIpc) is 3.15. The van der Waals surface area contributed by atoms with E-state index >= 15 is 0 Å². The van der Waals surface area contributed by atoms with Crippen LogP contribution in [0.2, 0.25) is 0 Å². The van der Waals surface area contributed by atoms with E-state index in [9.17, 15) is 18.0 Å². The zero-order valence-corrected chi connectivity index (χ0v) is 21.5. The molecule has 188 valence electrons. The van der Waals surface area contributed by atoms with Gasteiger partial charge in [0.25, 0.3) is 0 Å². The number of benzene rings is 2. The van der Waals surface area contributed by atoms with Crippen molar-refractivity contribution in [3.63, 3.8) is 0 Å². The number of nitrogens with zero attached hydrogens (tertiary/aromatic N) is 3. The van der Waals surface area contributed by atoms with Gasteiger partial charge in [-0.15, -0.1) is 0 Å². The lowest BCUT2D eigenvalue weighted by Crippen LogP contribution is -2.54. The Hall–Kier alpha value is -2.60. The second-order valence-electron chi connectivity index (χ2n) is 8.60. The van der Waals surface area contributed by atoms with Gasteiger partial charge in [0.15, 0.2) is 5.58 Å². The molecule has 0 saturated carbocycles. The minimum atomic E-state index is -4.01. The van der Waals surface area contributed by atoms with Gasteiger partial charge in [-0.3, -0.25) is 14.3 Å². The molecule has 0 aliphatic carbocycles.